The molecule has 0 atom stereocenters. The fourth-order valence-electron chi connectivity index (χ4n) is 1.98. The number of ether oxygens (including phenoxy) is 2. The molecule has 7 heteroatoms. The van der Waals surface area contributed by atoms with E-state index in [0.29, 0.717) is 18.0 Å². The third kappa shape index (κ3) is 3.23. The minimum Gasteiger partial charge on any atom is -0.493 e. The van der Waals surface area contributed by atoms with Gasteiger partial charge in [-0.15, -0.1) is 0 Å². The maximum atomic E-state index is 12.3. The van der Waals surface area contributed by atoms with Crippen molar-refractivity contribution < 1.29 is 17.9 Å². The summed E-state index contributed by atoms with van der Waals surface area (Å²) in [5, 5.41) is 2.99. The number of methoxy groups -OCH3 is 2. The summed E-state index contributed by atoms with van der Waals surface area (Å²) >= 11 is 0. The zero-order valence-corrected chi connectivity index (χ0v) is 12.7. The van der Waals surface area contributed by atoms with Crippen LogP contribution in [0.3, 0.4) is 0 Å². The highest BCUT2D eigenvalue weighted by atomic mass is 32.2. The van der Waals surface area contributed by atoms with Crippen molar-refractivity contribution in [2.45, 2.75) is 30.3 Å². The molecule has 20 heavy (non-hydrogen) atoms. The van der Waals surface area contributed by atoms with E-state index in [4.69, 9.17) is 9.47 Å². The molecule has 1 saturated carbocycles. The molecule has 1 aliphatic rings. The summed E-state index contributed by atoms with van der Waals surface area (Å²) in [4.78, 5) is 0.201. The lowest BCUT2D eigenvalue weighted by molar-refractivity contribution is 0.350. The molecule has 0 saturated heterocycles. The average molecular weight is 300 g/mol. The third-order valence-corrected chi connectivity index (χ3v) is 4.61. The van der Waals surface area contributed by atoms with Gasteiger partial charge in [0.2, 0.25) is 10.0 Å². The molecule has 0 amide bonds. The van der Waals surface area contributed by atoms with Gasteiger partial charge in [-0.2, -0.15) is 0 Å². The first-order chi connectivity index (χ1) is 9.51. The Bertz CT molecular complexity index is 582. The maximum absolute atomic E-state index is 12.3. The topological polar surface area (TPSA) is 76.7 Å². The molecule has 0 radical (unpaired) electrons. The summed E-state index contributed by atoms with van der Waals surface area (Å²) in [7, 11) is 1.31. The quantitative estimate of drug-likeness (QED) is 0.781. The van der Waals surface area contributed by atoms with Crippen LogP contribution in [-0.2, 0) is 16.6 Å². The molecule has 0 unspecified atom stereocenters. The number of rotatable bonds is 7. The largest absolute Gasteiger partial charge is 0.493 e. The molecule has 0 aliphatic heterocycles. The Labute approximate surface area is 119 Å². The van der Waals surface area contributed by atoms with Gasteiger partial charge in [0.25, 0.3) is 0 Å². The van der Waals surface area contributed by atoms with Gasteiger partial charge in [-0.05, 0) is 26.0 Å². The normalized spacial score (nSPS) is 15.2. The first-order valence-corrected chi connectivity index (χ1v) is 7.92. The van der Waals surface area contributed by atoms with Crippen molar-refractivity contribution in [2.75, 3.05) is 21.3 Å². The van der Waals surface area contributed by atoms with Gasteiger partial charge >= 0.3 is 0 Å². The predicted molar refractivity (Wildman–Crippen MR) is 75.7 cm³/mol. The molecule has 0 aromatic heterocycles. The van der Waals surface area contributed by atoms with E-state index in [0.717, 1.165) is 18.4 Å². The Morgan fingerprint density at radius 1 is 1.25 bits per heavy atom. The van der Waals surface area contributed by atoms with Gasteiger partial charge in [0.15, 0.2) is 11.5 Å². The van der Waals surface area contributed by atoms with Crippen LogP contribution in [0.25, 0.3) is 0 Å². The maximum Gasteiger partial charge on any atom is 0.240 e. The molecular weight excluding hydrogens is 280 g/mol. The van der Waals surface area contributed by atoms with Crippen LogP contribution in [0.4, 0.5) is 0 Å². The second-order valence-electron chi connectivity index (χ2n) is 4.74. The van der Waals surface area contributed by atoms with E-state index >= 15 is 0 Å². The first kappa shape index (κ1) is 15.1. The summed E-state index contributed by atoms with van der Waals surface area (Å²) in [6.07, 6.45) is 1.80. The van der Waals surface area contributed by atoms with Crippen LogP contribution in [0.5, 0.6) is 11.5 Å². The Hall–Kier alpha value is -1.31. The van der Waals surface area contributed by atoms with Crippen LogP contribution in [0.1, 0.15) is 18.4 Å². The SMILES string of the molecule is CNCc1cc(S(=O)(=O)NC2CC2)cc(OC)c1OC. The molecule has 112 valence electrons. The van der Waals surface area contributed by atoms with Gasteiger partial charge in [-0.1, -0.05) is 0 Å². The minimum atomic E-state index is -3.51. The van der Waals surface area contributed by atoms with Crippen molar-refractivity contribution in [1.29, 1.82) is 0 Å². The van der Waals surface area contributed by atoms with Gasteiger partial charge in [-0.3, -0.25) is 0 Å². The van der Waals surface area contributed by atoms with E-state index in [-0.39, 0.29) is 10.9 Å². The second kappa shape index (κ2) is 5.99. The third-order valence-electron chi connectivity index (χ3n) is 3.11. The van der Waals surface area contributed by atoms with Crippen molar-refractivity contribution in [3.05, 3.63) is 17.7 Å². The van der Waals surface area contributed by atoms with Gasteiger partial charge in [0.1, 0.15) is 0 Å². The van der Waals surface area contributed by atoms with Gasteiger partial charge in [-0.25, -0.2) is 13.1 Å². The van der Waals surface area contributed by atoms with E-state index in [2.05, 4.69) is 10.0 Å². The molecule has 2 rings (SSSR count). The Balaban J connectivity index is 2.44. The Kier molecular flexibility index (Phi) is 4.52. The van der Waals surface area contributed by atoms with Crippen LogP contribution < -0.4 is 19.5 Å². The first-order valence-electron chi connectivity index (χ1n) is 6.43. The fourth-order valence-corrected chi connectivity index (χ4v) is 3.35. The second-order valence-corrected chi connectivity index (χ2v) is 6.46. The van der Waals surface area contributed by atoms with Gasteiger partial charge in [0.05, 0.1) is 19.1 Å². The summed E-state index contributed by atoms with van der Waals surface area (Å²) < 4.78 is 37.8. The molecule has 2 N–H and O–H groups in total. The molecule has 1 aromatic carbocycles. The molecule has 0 heterocycles. The van der Waals surface area contributed by atoms with E-state index in [1.807, 2.05) is 0 Å². The Morgan fingerprint density at radius 3 is 2.45 bits per heavy atom. The summed E-state index contributed by atoms with van der Waals surface area (Å²) in [5.74, 6) is 0.962. The molecule has 6 nitrogen and oxygen atoms in total. The van der Waals surface area contributed by atoms with Crippen molar-refractivity contribution in [3.8, 4) is 11.5 Å². The van der Waals surface area contributed by atoms with Gasteiger partial charge < -0.3 is 14.8 Å². The molecule has 0 spiro atoms. The minimum absolute atomic E-state index is 0.0702. The van der Waals surface area contributed by atoms with E-state index < -0.39 is 10.0 Å². The number of nitrogens with one attached hydrogen (secondary N) is 2. The fraction of sp³-hybridized carbons (Fsp3) is 0.538. The van der Waals surface area contributed by atoms with Crippen LogP contribution in [0.2, 0.25) is 0 Å². The van der Waals surface area contributed by atoms with Crippen LogP contribution in [-0.4, -0.2) is 35.7 Å². The lowest BCUT2D eigenvalue weighted by Crippen LogP contribution is -2.26. The number of hydrogen-bond acceptors (Lipinski definition) is 5. The van der Waals surface area contributed by atoms with Crippen LogP contribution >= 0.6 is 0 Å². The highest BCUT2D eigenvalue weighted by Crippen LogP contribution is 2.34. The number of hydrogen-bond donors (Lipinski definition) is 2. The monoisotopic (exact) mass is 300 g/mol. The van der Waals surface area contributed by atoms with E-state index in [1.165, 1.54) is 20.3 Å². The van der Waals surface area contributed by atoms with Crippen molar-refractivity contribution in [3.63, 3.8) is 0 Å². The molecular formula is C13H20N2O4S. The smallest absolute Gasteiger partial charge is 0.240 e. The number of benzene rings is 1. The van der Waals surface area contributed by atoms with Crippen LogP contribution in [0, 0.1) is 0 Å². The molecule has 0 bridgehead atoms. The lowest BCUT2D eigenvalue weighted by Gasteiger charge is -2.15. The molecule has 1 aromatic rings. The summed E-state index contributed by atoms with van der Waals surface area (Å²) in [6.45, 7) is 0.492. The highest BCUT2D eigenvalue weighted by Gasteiger charge is 2.29. The summed E-state index contributed by atoms with van der Waals surface area (Å²) in [5.41, 5.74) is 0.741. The molecule has 1 fully saturated rings. The zero-order valence-electron chi connectivity index (χ0n) is 11.9. The zero-order chi connectivity index (χ0) is 14.8. The number of sulfonamides is 1. The lowest BCUT2D eigenvalue weighted by atomic mass is 10.2. The standard InChI is InChI=1S/C13H20N2O4S/c1-14-8-9-6-11(7-12(18-2)13(9)19-3)20(16,17)15-10-4-5-10/h6-7,10,14-15H,4-5,8H2,1-3H3. The van der Waals surface area contributed by atoms with E-state index in [1.54, 1.807) is 13.1 Å². The van der Waals surface area contributed by atoms with E-state index in [9.17, 15) is 8.42 Å². The average Bonchev–Trinajstić information content (AvgIpc) is 3.21. The highest BCUT2D eigenvalue weighted by molar-refractivity contribution is 7.89. The predicted octanol–water partition coefficient (Wildman–Crippen LogP) is 0.864. The van der Waals surface area contributed by atoms with Crippen molar-refractivity contribution in [1.82, 2.24) is 10.0 Å². The molecule has 1 aliphatic carbocycles. The summed E-state index contributed by atoms with van der Waals surface area (Å²) in [6, 6.07) is 3.17. The van der Waals surface area contributed by atoms with Crippen molar-refractivity contribution >= 4 is 10.0 Å². The van der Waals surface area contributed by atoms with Gasteiger partial charge in [0, 0.05) is 24.2 Å². The Morgan fingerprint density at radius 2 is 1.95 bits per heavy atom. The van der Waals surface area contributed by atoms with Crippen molar-refractivity contribution in [2.24, 2.45) is 0 Å². The van der Waals surface area contributed by atoms with Crippen LogP contribution in [0.15, 0.2) is 17.0 Å².